The van der Waals surface area contributed by atoms with E-state index in [1.165, 1.54) is 18.2 Å². The van der Waals surface area contributed by atoms with Crippen molar-refractivity contribution in [3.05, 3.63) is 95.8 Å². The summed E-state index contributed by atoms with van der Waals surface area (Å²) in [5.41, 5.74) is 2.50. The monoisotopic (exact) mass is 434 g/mol. The molecule has 0 N–H and O–H groups in total. The number of carbonyl (C=O) groups is 1. The summed E-state index contributed by atoms with van der Waals surface area (Å²) in [6.45, 7) is 0.0749. The predicted octanol–water partition coefficient (Wildman–Crippen LogP) is 5.38. The first-order chi connectivity index (χ1) is 15.2. The lowest BCUT2D eigenvalue weighted by atomic mass is 10.2. The number of hydrogen-bond donors (Lipinski definition) is 0. The number of nitrogens with zero attached hydrogens (tertiary/aromatic N) is 2. The van der Waals surface area contributed by atoms with E-state index < -0.39 is 11.8 Å². The van der Waals surface area contributed by atoms with E-state index >= 15 is 0 Å². The molecule has 0 radical (unpaired) electrons. The number of para-hydroxylation sites is 2. The molecule has 0 saturated heterocycles. The quantitative estimate of drug-likeness (QED) is 0.212. The molecular formula is C24H19FN2O3S. The fourth-order valence-corrected chi connectivity index (χ4v) is 3.62. The third kappa shape index (κ3) is 5.26. The lowest BCUT2D eigenvalue weighted by molar-refractivity contribution is -0.138. The Balaban J connectivity index is 1.41. The zero-order valence-corrected chi connectivity index (χ0v) is 17.3. The summed E-state index contributed by atoms with van der Waals surface area (Å²) in [6, 6.07) is 19.8. The fourth-order valence-electron chi connectivity index (χ4n) is 2.89. The van der Waals surface area contributed by atoms with Gasteiger partial charge in [-0.15, -0.1) is 11.3 Å². The summed E-state index contributed by atoms with van der Waals surface area (Å²) in [4.78, 5) is 13.1. The Morgan fingerprint density at radius 1 is 1.03 bits per heavy atom. The number of aromatic nitrogens is 2. The average molecular weight is 434 g/mol. The van der Waals surface area contributed by atoms with Gasteiger partial charge in [0.1, 0.15) is 18.9 Å². The smallest absolute Gasteiger partial charge is 0.330 e. The molecule has 2 aromatic carbocycles. The molecule has 31 heavy (non-hydrogen) atoms. The van der Waals surface area contributed by atoms with Crippen molar-refractivity contribution in [2.24, 2.45) is 0 Å². The first-order valence-electron chi connectivity index (χ1n) is 9.62. The molecule has 4 rings (SSSR count). The van der Waals surface area contributed by atoms with Gasteiger partial charge in [-0.1, -0.05) is 36.4 Å². The van der Waals surface area contributed by atoms with Gasteiger partial charge >= 0.3 is 5.97 Å². The molecule has 4 aromatic rings. The SMILES string of the molecule is O=C(C=Cc1cn(-c2ccccc2)nc1-c1cccs1)OCCOc1ccccc1F. The van der Waals surface area contributed by atoms with Crippen LogP contribution in [0.4, 0.5) is 4.39 Å². The number of ether oxygens (including phenoxy) is 2. The third-order valence-electron chi connectivity index (χ3n) is 4.34. The Labute approximate surface area is 183 Å². The molecule has 0 atom stereocenters. The number of esters is 1. The zero-order valence-electron chi connectivity index (χ0n) is 16.5. The molecule has 156 valence electrons. The molecule has 0 aliphatic heterocycles. The van der Waals surface area contributed by atoms with Gasteiger partial charge in [0, 0.05) is 17.8 Å². The van der Waals surface area contributed by atoms with Crippen molar-refractivity contribution in [1.82, 2.24) is 9.78 Å². The summed E-state index contributed by atoms with van der Waals surface area (Å²) < 4.78 is 25.7. The fraction of sp³-hybridized carbons (Fsp3) is 0.0833. The second kappa shape index (κ2) is 9.86. The van der Waals surface area contributed by atoms with Crippen LogP contribution in [-0.2, 0) is 9.53 Å². The van der Waals surface area contributed by atoms with Crippen LogP contribution in [0, 0.1) is 5.82 Å². The van der Waals surface area contributed by atoms with Crippen LogP contribution >= 0.6 is 11.3 Å². The molecule has 7 heteroatoms. The number of thiophene rings is 1. The van der Waals surface area contributed by atoms with E-state index in [4.69, 9.17) is 9.47 Å². The molecular weight excluding hydrogens is 415 g/mol. The minimum atomic E-state index is -0.512. The van der Waals surface area contributed by atoms with E-state index in [0.29, 0.717) is 0 Å². The van der Waals surface area contributed by atoms with Crippen LogP contribution in [0.5, 0.6) is 5.75 Å². The Morgan fingerprint density at radius 2 is 1.84 bits per heavy atom. The number of rotatable bonds is 8. The maximum absolute atomic E-state index is 13.5. The lowest BCUT2D eigenvalue weighted by Crippen LogP contribution is -2.10. The number of carbonyl (C=O) groups excluding carboxylic acids is 1. The van der Waals surface area contributed by atoms with E-state index in [0.717, 1.165) is 21.8 Å². The lowest BCUT2D eigenvalue weighted by Gasteiger charge is -2.06. The molecule has 0 amide bonds. The maximum Gasteiger partial charge on any atom is 0.330 e. The first-order valence-corrected chi connectivity index (χ1v) is 10.5. The first kappa shape index (κ1) is 20.6. The van der Waals surface area contributed by atoms with E-state index in [1.54, 1.807) is 34.2 Å². The molecule has 0 aliphatic carbocycles. The van der Waals surface area contributed by atoms with Crippen LogP contribution < -0.4 is 4.74 Å². The van der Waals surface area contributed by atoms with Crippen LogP contribution in [0.15, 0.2) is 84.4 Å². The topological polar surface area (TPSA) is 53.4 Å². The summed E-state index contributed by atoms with van der Waals surface area (Å²) in [6.07, 6.45) is 4.91. The minimum absolute atomic E-state index is 0.0125. The van der Waals surface area contributed by atoms with Crippen LogP contribution in [0.3, 0.4) is 0 Å². The van der Waals surface area contributed by atoms with Crippen molar-refractivity contribution in [1.29, 1.82) is 0 Å². The molecule has 0 aliphatic rings. The minimum Gasteiger partial charge on any atom is -0.487 e. The zero-order chi connectivity index (χ0) is 21.5. The molecule has 0 spiro atoms. The molecule has 2 aromatic heterocycles. The van der Waals surface area contributed by atoms with Crippen LogP contribution in [0.25, 0.3) is 22.3 Å². The molecule has 0 fully saturated rings. The number of halogens is 1. The van der Waals surface area contributed by atoms with Crippen LogP contribution in [0.1, 0.15) is 5.56 Å². The number of benzene rings is 2. The van der Waals surface area contributed by atoms with Gasteiger partial charge in [-0.2, -0.15) is 5.10 Å². The highest BCUT2D eigenvalue weighted by atomic mass is 32.1. The van der Waals surface area contributed by atoms with Gasteiger partial charge in [-0.25, -0.2) is 13.9 Å². The summed E-state index contributed by atoms with van der Waals surface area (Å²) >= 11 is 1.58. The van der Waals surface area contributed by atoms with Gasteiger partial charge in [0.25, 0.3) is 0 Å². The van der Waals surface area contributed by atoms with E-state index in [-0.39, 0.29) is 19.0 Å². The highest BCUT2D eigenvalue weighted by Gasteiger charge is 2.12. The normalized spacial score (nSPS) is 11.0. The third-order valence-corrected chi connectivity index (χ3v) is 5.22. The van der Waals surface area contributed by atoms with Gasteiger partial charge in [-0.05, 0) is 41.8 Å². The molecule has 0 unspecified atom stereocenters. The molecule has 0 bridgehead atoms. The Kier molecular flexibility index (Phi) is 6.54. The van der Waals surface area contributed by atoms with Crippen molar-refractivity contribution in [3.8, 4) is 22.0 Å². The molecule has 0 saturated carbocycles. The van der Waals surface area contributed by atoms with Crippen molar-refractivity contribution < 1.29 is 18.7 Å². The Hall–Kier alpha value is -3.71. The van der Waals surface area contributed by atoms with Gasteiger partial charge in [-0.3, -0.25) is 0 Å². The second-order valence-electron chi connectivity index (χ2n) is 6.47. The molecule has 5 nitrogen and oxygen atoms in total. The van der Waals surface area contributed by atoms with E-state index in [2.05, 4.69) is 5.10 Å². The van der Waals surface area contributed by atoms with Gasteiger partial charge in [0.15, 0.2) is 11.6 Å². The summed E-state index contributed by atoms with van der Waals surface area (Å²) in [5, 5.41) is 6.67. The van der Waals surface area contributed by atoms with Gasteiger partial charge in [0.2, 0.25) is 0 Å². The molecule has 2 heterocycles. The largest absolute Gasteiger partial charge is 0.487 e. The van der Waals surface area contributed by atoms with Crippen molar-refractivity contribution in [3.63, 3.8) is 0 Å². The highest BCUT2D eigenvalue weighted by Crippen LogP contribution is 2.28. The second-order valence-corrected chi connectivity index (χ2v) is 7.42. The highest BCUT2D eigenvalue weighted by molar-refractivity contribution is 7.13. The van der Waals surface area contributed by atoms with E-state index in [1.807, 2.05) is 54.0 Å². The maximum atomic E-state index is 13.5. The van der Waals surface area contributed by atoms with Crippen LogP contribution in [0.2, 0.25) is 0 Å². The van der Waals surface area contributed by atoms with Crippen molar-refractivity contribution in [2.45, 2.75) is 0 Å². The summed E-state index contributed by atoms with van der Waals surface area (Å²) in [5.74, 6) is -0.838. The van der Waals surface area contributed by atoms with Gasteiger partial charge < -0.3 is 9.47 Å². The number of hydrogen-bond acceptors (Lipinski definition) is 5. The van der Waals surface area contributed by atoms with Crippen molar-refractivity contribution in [2.75, 3.05) is 13.2 Å². The van der Waals surface area contributed by atoms with Crippen molar-refractivity contribution >= 4 is 23.4 Å². The van der Waals surface area contributed by atoms with E-state index in [9.17, 15) is 9.18 Å². The summed E-state index contributed by atoms with van der Waals surface area (Å²) in [7, 11) is 0. The van der Waals surface area contributed by atoms with Gasteiger partial charge in [0.05, 0.1) is 10.6 Å². The Morgan fingerprint density at radius 3 is 2.61 bits per heavy atom. The Bertz CT molecular complexity index is 1170. The van der Waals surface area contributed by atoms with Crippen LogP contribution in [-0.4, -0.2) is 29.0 Å². The average Bonchev–Trinajstić information content (AvgIpc) is 3.47. The predicted molar refractivity (Wildman–Crippen MR) is 119 cm³/mol. The standard InChI is InChI=1S/C24H19FN2O3S/c25-20-9-4-5-10-21(20)29-14-15-30-23(28)13-12-18-17-27(19-7-2-1-3-8-19)26-24(18)22-11-6-16-31-22/h1-13,16-17H,14-15H2.